The summed E-state index contributed by atoms with van der Waals surface area (Å²) < 4.78 is 4.74. The van der Waals surface area contributed by atoms with Crippen molar-refractivity contribution in [3.05, 3.63) is 51.7 Å². The van der Waals surface area contributed by atoms with Crippen LogP contribution in [0.5, 0.6) is 0 Å². The van der Waals surface area contributed by atoms with Crippen LogP contribution in [0, 0.1) is 0 Å². The maximum absolute atomic E-state index is 12.7. The molecule has 0 radical (unpaired) electrons. The highest BCUT2D eigenvalue weighted by atomic mass is 32.2. The summed E-state index contributed by atoms with van der Waals surface area (Å²) in [6.45, 7) is 2.02. The molecule has 0 saturated heterocycles. The molecule has 0 fully saturated rings. The molecular formula is C18H19N3O3S2. The molecule has 1 aromatic carbocycles. The molecule has 26 heavy (non-hydrogen) atoms. The number of methoxy groups -OCH3 is 1. The van der Waals surface area contributed by atoms with Crippen molar-refractivity contribution in [1.82, 2.24) is 0 Å². The van der Waals surface area contributed by atoms with Gasteiger partial charge in [-0.1, -0.05) is 23.9 Å². The molecule has 8 heteroatoms. The van der Waals surface area contributed by atoms with E-state index in [2.05, 4.69) is 10.3 Å². The number of nitrogens with zero attached hydrogens (tertiary/aromatic N) is 1. The lowest BCUT2D eigenvalue weighted by Gasteiger charge is -2.30. The van der Waals surface area contributed by atoms with Gasteiger partial charge in [0.15, 0.2) is 5.17 Å². The minimum Gasteiger partial charge on any atom is -0.465 e. The number of rotatable bonds is 4. The summed E-state index contributed by atoms with van der Waals surface area (Å²) in [6, 6.07) is 9.03. The highest BCUT2D eigenvalue weighted by Crippen LogP contribution is 2.35. The Morgan fingerprint density at radius 1 is 1.35 bits per heavy atom. The number of nitrogens with one attached hydrogen (secondary N) is 1. The maximum atomic E-state index is 12.7. The van der Waals surface area contributed by atoms with Crippen LogP contribution < -0.4 is 11.1 Å². The van der Waals surface area contributed by atoms with Crippen molar-refractivity contribution in [2.75, 3.05) is 18.2 Å². The molecule has 0 bridgehead atoms. The number of ether oxygens (including phenoxy) is 1. The predicted octanol–water partition coefficient (Wildman–Crippen LogP) is 3.45. The Balaban J connectivity index is 1.85. The lowest BCUT2D eigenvalue weighted by atomic mass is 9.88. The van der Waals surface area contributed by atoms with E-state index in [9.17, 15) is 9.59 Å². The quantitative estimate of drug-likeness (QED) is 0.781. The fourth-order valence-electron chi connectivity index (χ4n) is 2.74. The van der Waals surface area contributed by atoms with Crippen molar-refractivity contribution >= 4 is 45.8 Å². The van der Waals surface area contributed by atoms with Crippen molar-refractivity contribution in [3.8, 4) is 0 Å². The third-order valence-electron chi connectivity index (χ3n) is 4.23. The number of anilines is 1. The van der Waals surface area contributed by atoms with E-state index in [-0.39, 0.29) is 5.91 Å². The van der Waals surface area contributed by atoms with E-state index < -0.39 is 11.5 Å². The second-order valence-corrected chi connectivity index (χ2v) is 8.04. The Kier molecular flexibility index (Phi) is 5.33. The standard InChI is InChI=1S/C18H19N3O3S2/c1-18(7-9-26-17(19)21-18)12-5-3-4-11(10-12)15(22)20-13-6-8-25-14(13)16(23)24-2/h3-6,8,10H,7,9H2,1-2H3,(H2,19,21)(H,20,22). The van der Waals surface area contributed by atoms with E-state index in [1.165, 1.54) is 18.4 Å². The van der Waals surface area contributed by atoms with Gasteiger partial charge in [0, 0.05) is 11.3 Å². The molecule has 6 nitrogen and oxygen atoms in total. The number of hydrogen-bond acceptors (Lipinski definition) is 7. The van der Waals surface area contributed by atoms with Crippen LogP contribution in [0.15, 0.2) is 40.7 Å². The Bertz CT molecular complexity index is 878. The molecule has 3 rings (SSSR count). The first-order chi connectivity index (χ1) is 12.4. The van der Waals surface area contributed by atoms with E-state index in [1.807, 2.05) is 25.1 Å². The van der Waals surface area contributed by atoms with E-state index in [4.69, 9.17) is 10.5 Å². The molecule has 0 saturated carbocycles. The summed E-state index contributed by atoms with van der Waals surface area (Å²) in [5, 5.41) is 5.08. The number of nitrogens with two attached hydrogens (primary N) is 1. The lowest BCUT2D eigenvalue weighted by molar-refractivity contribution is 0.0607. The van der Waals surface area contributed by atoms with Crippen molar-refractivity contribution in [3.63, 3.8) is 0 Å². The number of carbonyl (C=O) groups is 2. The van der Waals surface area contributed by atoms with Crippen LogP contribution in [0.1, 0.15) is 38.9 Å². The van der Waals surface area contributed by atoms with E-state index in [1.54, 1.807) is 29.3 Å². The Labute approximate surface area is 159 Å². The van der Waals surface area contributed by atoms with Gasteiger partial charge in [-0.05, 0) is 42.5 Å². The van der Waals surface area contributed by atoms with Crippen LogP contribution in [-0.2, 0) is 10.3 Å². The van der Waals surface area contributed by atoms with E-state index in [0.29, 0.717) is 21.3 Å². The summed E-state index contributed by atoms with van der Waals surface area (Å²) in [5.74, 6) is 0.127. The lowest BCUT2D eigenvalue weighted by Crippen LogP contribution is -2.29. The number of esters is 1. The number of thiophene rings is 1. The minimum atomic E-state index is -0.471. The van der Waals surface area contributed by atoms with Crippen molar-refractivity contribution < 1.29 is 14.3 Å². The van der Waals surface area contributed by atoms with Crippen molar-refractivity contribution in [2.45, 2.75) is 18.9 Å². The molecule has 2 heterocycles. The second-order valence-electron chi connectivity index (χ2n) is 6.01. The number of carbonyl (C=O) groups excluding carboxylic acids is 2. The highest BCUT2D eigenvalue weighted by Gasteiger charge is 2.30. The van der Waals surface area contributed by atoms with Gasteiger partial charge >= 0.3 is 5.97 Å². The summed E-state index contributed by atoms with van der Waals surface area (Å²) in [5.41, 5.74) is 7.32. The zero-order valence-electron chi connectivity index (χ0n) is 14.4. The third-order valence-corrected chi connectivity index (χ3v) is 5.92. The SMILES string of the molecule is COC(=O)c1sccc1NC(=O)c1cccc(C2(C)CCSC(N)=N2)c1. The van der Waals surface area contributed by atoms with Gasteiger partial charge in [0.2, 0.25) is 0 Å². The number of amides is 1. The molecule has 1 aliphatic rings. The molecule has 3 N–H and O–H groups in total. The van der Waals surface area contributed by atoms with Crippen LogP contribution in [0.2, 0.25) is 0 Å². The first kappa shape index (κ1) is 18.5. The first-order valence-corrected chi connectivity index (χ1v) is 9.85. The minimum absolute atomic E-state index is 0.291. The summed E-state index contributed by atoms with van der Waals surface area (Å²) in [6.07, 6.45) is 0.848. The highest BCUT2D eigenvalue weighted by molar-refractivity contribution is 8.13. The van der Waals surface area contributed by atoms with Crippen LogP contribution in [0.4, 0.5) is 5.69 Å². The molecule has 136 valence electrons. The number of amidine groups is 1. The van der Waals surface area contributed by atoms with Gasteiger partial charge in [0.05, 0.1) is 18.3 Å². The van der Waals surface area contributed by atoms with Crippen LogP contribution >= 0.6 is 23.1 Å². The van der Waals surface area contributed by atoms with Crippen molar-refractivity contribution in [2.24, 2.45) is 10.7 Å². The van der Waals surface area contributed by atoms with Crippen molar-refractivity contribution in [1.29, 1.82) is 0 Å². The Hall–Kier alpha value is -2.32. The average Bonchev–Trinajstić information content (AvgIpc) is 3.09. The first-order valence-electron chi connectivity index (χ1n) is 7.99. The summed E-state index contributed by atoms with van der Waals surface area (Å²) >= 11 is 2.76. The zero-order valence-corrected chi connectivity index (χ0v) is 16.1. The molecule has 1 aliphatic heterocycles. The third kappa shape index (κ3) is 3.76. The average molecular weight is 390 g/mol. The van der Waals surface area contributed by atoms with Crippen LogP contribution in [0.25, 0.3) is 0 Å². The van der Waals surface area contributed by atoms with Gasteiger partial charge in [-0.2, -0.15) is 0 Å². The fourth-order valence-corrected chi connectivity index (χ4v) is 4.48. The molecule has 1 atom stereocenters. The molecular weight excluding hydrogens is 370 g/mol. The Morgan fingerprint density at radius 3 is 2.88 bits per heavy atom. The molecule has 1 unspecified atom stereocenters. The van der Waals surface area contributed by atoms with Gasteiger partial charge in [0.1, 0.15) is 4.88 Å². The number of hydrogen-bond donors (Lipinski definition) is 2. The van der Waals surface area contributed by atoms with Crippen LogP contribution in [0.3, 0.4) is 0 Å². The van der Waals surface area contributed by atoms with Gasteiger partial charge < -0.3 is 15.8 Å². The predicted molar refractivity (Wildman–Crippen MR) is 106 cm³/mol. The molecule has 1 aromatic heterocycles. The smallest absolute Gasteiger partial charge is 0.350 e. The maximum Gasteiger partial charge on any atom is 0.350 e. The number of aliphatic imine (C=N–C) groups is 1. The number of thioether (sulfide) groups is 1. The topological polar surface area (TPSA) is 93.8 Å². The zero-order chi connectivity index (χ0) is 18.7. The normalized spacial score (nSPS) is 19.5. The van der Waals surface area contributed by atoms with E-state index >= 15 is 0 Å². The molecule has 0 spiro atoms. The Morgan fingerprint density at radius 2 is 2.15 bits per heavy atom. The van der Waals surface area contributed by atoms with Gasteiger partial charge in [-0.25, -0.2) is 4.79 Å². The monoisotopic (exact) mass is 389 g/mol. The largest absolute Gasteiger partial charge is 0.465 e. The van der Waals surface area contributed by atoms with Gasteiger partial charge in [-0.3, -0.25) is 9.79 Å². The molecule has 2 aromatic rings. The van der Waals surface area contributed by atoms with Crippen LogP contribution in [-0.4, -0.2) is 29.9 Å². The second kappa shape index (κ2) is 7.51. The molecule has 0 aliphatic carbocycles. The van der Waals surface area contributed by atoms with Gasteiger partial charge in [0.25, 0.3) is 5.91 Å². The number of benzene rings is 1. The summed E-state index contributed by atoms with van der Waals surface area (Å²) in [7, 11) is 1.31. The molecule has 1 amide bonds. The fraction of sp³-hybridized carbons (Fsp3) is 0.278. The summed E-state index contributed by atoms with van der Waals surface area (Å²) in [4.78, 5) is 29.4. The van der Waals surface area contributed by atoms with Gasteiger partial charge in [-0.15, -0.1) is 11.3 Å². The van der Waals surface area contributed by atoms with E-state index in [0.717, 1.165) is 17.7 Å².